The Hall–Kier alpha value is -3.13. The van der Waals surface area contributed by atoms with Gasteiger partial charge in [-0.25, -0.2) is 4.79 Å². The van der Waals surface area contributed by atoms with E-state index in [9.17, 15) is 14.4 Å². The molecule has 2 aliphatic rings. The number of rotatable bonds is 7. The molecule has 8 heteroatoms. The van der Waals surface area contributed by atoms with Gasteiger partial charge in [0.1, 0.15) is 17.8 Å². The molecular weight excluding hydrogens is 408 g/mol. The average Bonchev–Trinajstić information content (AvgIpc) is 3.39. The van der Waals surface area contributed by atoms with Gasteiger partial charge in [0.15, 0.2) is 0 Å². The smallest absolute Gasteiger partial charge is 0.325 e. The van der Waals surface area contributed by atoms with E-state index < -0.39 is 17.5 Å². The number of imide groups is 1. The SMILES string of the molecule is Cc1ccc(C2(C)NC(=O)N(CC(=O)NCC(c3ccco3)N3CCCCC3)C2=O)cc1. The Kier molecular flexibility index (Phi) is 6.32. The van der Waals surface area contributed by atoms with E-state index in [0.717, 1.165) is 42.2 Å². The van der Waals surface area contributed by atoms with Crippen molar-refractivity contribution >= 4 is 17.8 Å². The monoisotopic (exact) mass is 438 g/mol. The van der Waals surface area contributed by atoms with Gasteiger partial charge in [-0.1, -0.05) is 36.2 Å². The number of urea groups is 1. The number of likely N-dealkylation sites (tertiary alicyclic amines) is 1. The van der Waals surface area contributed by atoms with Crippen molar-refractivity contribution in [1.82, 2.24) is 20.4 Å². The van der Waals surface area contributed by atoms with Gasteiger partial charge in [0.2, 0.25) is 5.91 Å². The highest BCUT2D eigenvalue weighted by molar-refractivity contribution is 6.09. The average molecular weight is 439 g/mol. The third-order valence-corrected chi connectivity index (χ3v) is 6.40. The zero-order valence-corrected chi connectivity index (χ0v) is 18.6. The lowest BCUT2D eigenvalue weighted by Gasteiger charge is -2.33. The summed E-state index contributed by atoms with van der Waals surface area (Å²) in [6.45, 7) is 5.55. The van der Waals surface area contributed by atoms with Crippen LogP contribution in [0.3, 0.4) is 0 Å². The van der Waals surface area contributed by atoms with E-state index in [2.05, 4.69) is 15.5 Å². The molecular formula is C24H30N4O4. The van der Waals surface area contributed by atoms with Crippen molar-refractivity contribution in [1.29, 1.82) is 0 Å². The molecule has 2 N–H and O–H groups in total. The first-order valence-electron chi connectivity index (χ1n) is 11.1. The molecule has 32 heavy (non-hydrogen) atoms. The van der Waals surface area contributed by atoms with E-state index in [1.54, 1.807) is 13.2 Å². The summed E-state index contributed by atoms with van der Waals surface area (Å²) in [6.07, 6.45) is 5.07. The number of hydrogen-bond donors (Lipinski definition) is 2. The third-order valence-electron chi connectivity index (χ3n) is 6.40. The van der Waals surface area contributed by atoms with Crippen LogP contribution in [0, 0.1) is 6.92 Å². The number of aryl methyl sites for hydroxylation is 1. The number of nitrogens with one attached hydrogen (secondary N) is 2. The second-order valence-electron chi connectivity index (χ2n) is 8.74. The molecule has 2 unspecified atom stereocenters. The standard InChI is InChI=1S/C24H30N4O4/c1-17-8-10-18(11-9-17)24(2)22(30)28(23(31)26-24)16-21(29)25-15-19(20-7-6-14-32-20)27-12-4-3-5-13-27/h6-11,14,19H,3-5,12-13,15-16H2,1-2H3,(H,25,29)(H,26,31). The number of carbonyl (C=O) groups is 3. The number of amides is 4. The summed E-state index contributed by atoms with van der Waals surface area (Å²) < 4.78 is 5.61. The second-order valence-corrected chi connectivity index (χ2v) is 8.74. The minimum Gasteiger partial charge on any atom is -0.468 e. The van der Waals surface area contributed by atoms with E-state index in [1.807, 2.05) is 43.3 Å². The Morgan fingerprint density at radius 2 is 1.88 bits per heavy atom. The van der Waals surface area contributed by atoms with Crippen molar-refractivity contribution in [2.24, 2.45) is 0 Å². The second kappa shape index (κ2) is 9.16. The molecule has 1 aromatic heterocycles. The topological polar surface area (TPSA) is 94.9 Å². The van der Waals surface area contributed by atoms with Crippen LogP contribution in [0.1, 0.15) is 49.1 Å². The molecule has 2 aromatic rings. The van der Waals surface area contributed by atoms with Crippen LogP contribution in [0.15, 0.2) is 47.1 Å². The van der Waals surface area contributed by atoms with Gasteiger partial charge in [-0.2, -0.15) is 0 Å². The Morgan fingerprint density at radius 3 is 2.53 bits per heavy atom. The molecule has 2 fully saturated rings. The summed E-state index contributed by atoms with van der Waals surface area (Å²) in [5, 5.41) is 5.64. The summed E-state index contributed by atoms with van der Waals surface area (Å²) in [5.74, 6) is -0.00974. The van der Waals surface area contributed by atoms with Crippen molar-refractivity contribution in [2.75, 3.05) is 26.2 Å². The normalized spacial score (nSPS) is 22.6. The minimum absolute atomic E-state index is 0.0739. The molecule has 0 spiro atoms. The van der Waals surface area contributed by atoms with Crippen molar-refractivity contribution < 1.29 is 18.8 Å². The lowest BCUT2D eigenvalue weighted by atomic mass is 9.91. The highest BCUT2D eigenvalue weighted by Crippen LogP contribution is 2.29. The van der Waals surface area contributed by atoms with Crippen LogP contribution >= 0.6 is 0 Å². The Morgan fingerprint density at radius 1 is 1.16 bits per heavy atom. The van der Waals surface area contributed by atoms with Crippen LogP contribution in [0.4, 0.5) is 4.79 Å². The first-order chi connectivity index (χ1) is 15.4. The Labute approximate surface area is 187 Å². The Bertz CT molecular complexity index is 966. The van der Waals surface area contributed by atoms with Gasteiger partial charge in [-0.3, -0.25) is 19.4 Å². The molecule has 170 valence electrons. The molecule has 2 saturated heterocycles. The molecule has 4 rings (SSSR count). The van der Waals surface area contributed by atoms with Gasteiger partial charge in [-0.15, -0.1) is 0 Å². The number of furan rings is 1. The predicted molar refractivity (Wildman–Crippen MR) is 119 cm³/mol. The molecule has 8 nitrogen and oxygen atoms in total. The molecule has 0 radical (unpaired) electrons. The third kappa shape index (κ3) is 4.41. The lowest BCUT2D eigenvalue weighted by molar-refractivity contribution is -0.134. The fourth-order valence-corrected chi connectivity index (χ4v) is 4.45. The fraction of sp³-hybridized carbons (Fsp3) is 0.458. The quantitative estimate of drug-likeness (QED) is 0.648. The van der Waals surface area contributed by atoms with Gasteiger partial charge in [0, 0.05) is 6.54 Å². The molecule has 2 atom stereocenters. The molecule has 0 aliphatic carbocycles. The van der Waals surface area contributed by atoms with Crippen molar-refractivity contribution in [2.45, 2.75) is 44.7 Å². The summed E-state index contributed by atoms with van der Waals surface area (Å²) in [4.78, 5) is 41.6. The van der Waals surface area contributed by atoms with Crippen molar-refractivity contribution in [3.8, 4) is 0 Å². The van der Waals surface area contributed by atoms with Crippen molar-refractivity contribution in [3.05, 3.63) is 59.5 Å². The fourth-order valence-electron chi connectivity index (χ4n) is 4.45. The molecule has 4 amide bonds. The van der Waals surface area contributed by atoms with Crippen LogP contribution < -0.4 is 10.6 Å². The van der Waals surface area contributed by atoms with E-state index in [4.69, 9.17) is 4.42 Å². The van der Waals surface area contributed by atoms with Gasteiger partial charge < -0.3 is 15.1 Å². The minimum atomic E-state index is -1.18. The number of hydrogen-bond acceptors (Lipinski definition) is 5. The zero-order chi connectivity index (χ0) is 22.7. The summed E-state index contributed by atoms with van der Waals surface area (Å²) in [6, 6.07) is 10.5. The highest BCUT2D eigenvalue weighted by Gasteiger charge is 2.49. The van der Waals surface area contributed by atoms with Crippen LogP contribution in [0.25, 0.3) is 0 Å². The zero-order valence-electron chi connectivity index (χ0n) is 18.6. The van der Waals surface area contributed by atoms with E-state index in [0.29, 0.717) is 12.1 Å². The first kappa shape index (κ1) is 22.1. The van der Waals surface area contributed by atoms with Crippen molar-refractivity contribution in [3.63, 3.8) is 0 Å². The highest BCUT2D eigenvalue weighted by atomic mass is 16.3. The van der Waals surface area contributed by atoms with Crippen LogP contribution in [0.2, 0.25) is 0 Å². The van der Waals surface area contributed by atoms with E-state index in [1.165, 1.54) is 6.42 Å². The van der Waals surface area contributed by atoms with Gasteiger partial charge in [-0.05, 0) is 57.5 Å². The Balaban J connectivity index is 1.40. The van der Waals surface area contributed by atoms with Crippen LogP contribution in [0.5, 0.6) is 0 Å². The van der Waals surface area contributed by atoms with Gasteiger partial charge in [0.05, 0.1) is 12.3 Å². The number of benzene rings is 1. The summed E-state index contributed by atoms with van der Waals surface area (Å²) in [5.41, 5.74) is 0.563. The van der Waals surface area contributed by atoms with Crippen LogP contribution in [-0.4, -0.2) is 53.8 Å². The number of carbonyl (C=O) groups excluding carboxylic acids is 3. The maximum atomic E-state index is 13.1. The molecule has 3 heterocycles. The summed E-state index contributed by atoms with van der Waals surface area (Å²) >= 11 is 0. The molecule has 1 aromatic carbocycles. The molecule has 0 bridgehead atoms. The largest absolute Gasteiger partial charge is 0.468 e. The maximum Gasteiger partial charge on any atom is 0.325 e. The van der Waals surface area contributed by atoms with Gasteiger partial charge in [0.25, 0.3) is 5.91 Å². The molecule has 0 saturated carbocycles. The van der Waals surface area contributed by atoms with Crippen LogP contribution in [-0.2, 0) is 15.1 Å². The first-order valence-corrected chi connectivity index (χ1v) is 11.1. The summed E-state index contributed by atoms with van der Waals surface area (Å²) in [7, 11) is 0. The number of nitrogens with zero attached hydrogens (tertiary/aromatic N) is 2. The van der Waals surface area contributed by atoms with Gasteiger partial charge >= 0.3 is 6.03 Å². The van der Waals surface area contributed by atoms with E-state index >= 15 is 0 Å². The number of piperidine rings is 1. The lowest BCUT2D eigenvalue weighted by Crippen LogP contribution is -2.45. The van der Waals surface area contributed by atoms with E-state index in [-0.39, 0.29) is 18.5 Å². The maximum absolute atomic E-state index is 13.1. The molecule has 2 aliphatic heterocycles. The predicted octanol–water partition coefficient (Wildman–Crippen LogP) is 2.70.